The summed E-state index contributed by atoms with van der Waals surface area (Å²) in [6, 6.07) is 6.60. The van der Waals surface area contributed by atoms with Gasteiger partial charge in [0.05, 0.1) is 40.1 Å². The number of carbonyl (C=O) groups is 1. The summed E-state index contributed by atoms with van der Waals surface area (Å²) < 4.78 is 8.00. The number of rotatable bonds is 1. The monoisotopic (exact) mass is 484 g/mol. The first-order chi connectivity index (χ1) is 16.8. The van der Waals surface area contributed by atoms with E-state index < -0.39 is 11.1 Å². The minimum atomic E-state index is -0.589. The highest BCUT2D eigenvalue weighted by atomic mass is 16.6. The number of benzene rings is 1. The van der Waals surface area contributed by atoms with E-state index in [1.165, 1.54) is 28.0 Å². The Hall–Kier alpha value is -3.28. The zero-order valence-electron chi connectivity index (χ0n) is 22.6. The summed E-state index contributed by atoms with van der Waals surface area (Å²) >= 11 is 0. The SMILES string of the molecule is CCc1cccc2c1-n1nc3c(c1C1(C)C=C4C=CNC4(C)C=C21)CN(C(=O)OC(C)(C)C)C3(C)C. The quantitative estimate of drug-likeness (QED) is 0.548. The highest BCUT2D eigenvalue weighted by Gasteiger charge is 2.53. The van der Waals surface area contributed by atoms with E-state index in [0.717, 1.165) is 23.4 Å². The summed E-state index contributed by atoms with van der Waals surface area (Å²) in [4.78, 5) is 15.1. The molecule has 0 saturated heterocycles. The van der Waals surface area contributed by atoms with E-state index in [2.05, 4.69) is 81.0 Å². The highest BCUT2D eigenvalue weighted by molar-refractivity contribution is 5.89. The molecule has 1 N–H and O–H groups in total. The second kappa shape index (κ2) is 6.93. The molecule has 1 amide bonds. The highest BCUT2D eigenvalue weighted by Crippen LogP contribution is 2.56. The molecule has 2 aromatic rings. The minimum Gasteiger partial charge on any atom is -0.444 e. The average molecular weight is 485 g/mol. The molecule has 3 aliphatic heterocycles. The molecule has 0 spiro atoms. The lowest BCUT2D eigenvalue weighted by molar-refractivity contribution is 0.00431. The number of ether oxygens (including phenoxy) is 1. The van der Waals surface area contributed by atoms with Crippen molar-refractivity contribution in [2.24, 2.45) is 0 Å². The standard InChI is InChI=1S/C30H36N4O2/c1-9-18-11-10-12-20-22-16-30(8)19(13-14-31-30)15-29(22,7)25-21-17-33(26(35)36-27(2,3)4)28(5,6)24(21)32-34(25)23(18)20/h10-16,31H,9,17H2,1-8H3. The maximum atomic E-state index is 13.3. The van der Waals surface area contributed by atoms with Crippen LogP contribution in [0.15, 0.2) is 48.2 Å². The zero-order valence-corrected chi connectivity index (χ0v) is 22.6. The molecule has 6 heteroatoms. The van der Waals surface area contributed by atoms with Crippen LogP contribution >= 0.6 is 0 Å². The maximum absolute atomic E-state index is 13.3. The lowest BCUT2D eigenvalue weighted by atomic mass is 9.64. The van der Waals surface area contributed by atoms with Crippen LogP contribution in [0.2, 0.25) is 0 Å². The number of para-hydroxylation sites is 1. The van der Waals surface area contributed by atoms with Crippen molar-refractivity contribution >= 4 is 11.7 Å². The van der Waals surface area contributed by atoms with Crippen molar-refractivity contribution < 1.29 is 9.53 Å². The van der Waals surface area contributed by atoms with Gasteiger partial charge in [0.15, 0.2) is 0 Å². The van der Waals surface area contributed by atoms with Crippen LogP contribution < -0.4 is 5.32 Å². The molecular formula is C30H36N4O2. The van der Waals surface area contributed by atoms with E-state index in [9.17, 15) is 4.79 Å². The molecule has 2 atom stereocenters. The third-order valence-corrected chi connectivity index (χ3v) is 8.34. The molecule has 1 aromatic heterocycles. The smallest absolute Gasteiger partial charge is 0.411 e. The average Bonchev–Trinajstić information content (AvgIpc) is 3.42. The molecule has 0 bridgehead atoms. The van der Waals surface area contributed by atoms with Crippen LogP contribution in [0.25, 0.3) is 11.3 Å². The van der Waals surface area contributed by atoms with E-state index in [1.54, 1.807) is 0 Å². The Balaban J connectivity index is 1.61. The molecule has 4 heterocycles. The molecule has 0 radical (unpaired) electrons. The molecule has 188 valence electrons. The lowest BCUT2D eigenvalue weighted by Gasteiger charge is -2.44. The van der Waals surface area contributed by atoms with Gasteiger partial charge in [-0.15, -0.1) is 0 Å². The Morgan fingerprint density at radius 3 is 2.61 bits per heavy atom. The van der Waals surface area contributed by atoms with Gasteiger partial charge < -0.3 is 10.1 Å². The second-order valence-electron chi connectivity index (χ2n) is 12.4. The number of hydrogen-bond donors (Lipinski definition) is 1. The number of fused-ring (bicyclic) bond motifs is 9. The Morgan fingerprint density at radius 2 is 1.92 bits per heavy atom. The molecule has 1 aliphatic carbocycles. The van der Waals surface area contributed by atoms with Gasteiger partial charge in [-0.2, -0.15) is 5.10 Å². The first kappa shape index (κ1) is 23.1. The maximum Gasteiger partial charge on any atom is 0.411 e. The largest absolute Gasteiger partial charge is 0.444 e. The number of amides is 1. The molecule has 4 aliphatic rings. The van der Waals surface area contributed by atoms with Crippen molar-refractivity contribution in [3.8, 4) is 5.69 Å². The van der Waals surface area contributed by atoms with E-state index in [1.807, 2.05) is 31.9 Å². The van der Waals surface area contributed by atoms with Crippen molar-refractivity contribution in [2.75, 3.05) is 0 Å². The summed E-state index contributed by atoms with van der Waals surface area (Å²) in [6.07, 6.45) is 9.64. The van der Waals surface area contributed by atoms with Gasteiger partial charge in [0, 0.05) is 11.1 Å². The minimum absolute atomic E-state index is 0.235. The number of nitrogens with zero attached hydrogens (tertiary/aromatic N) is 3. The molecule has 36 heavy (non-hydrogen) atoms. The van der Waals surface area contributed by atoms with Crippen LogP contribution in [0.4, 0.5) is 4.79 Å². The summed E-state index contributed by atoms with van der Waals surface area (Å²) in [6.45, 7) is 17.1. The van der Waals surface area contributed by atoms with Crippen LogP contribution in [-0.4, -0.2) is 31.9 Å². The molecule has 6 rings (SSSR count). The third-order valence-electron chi connectivity index (χ3n) is 8.34. The normalized spacial score (nSPS) is 26.7. The predicted octanol–water partition coefficient (Wildman–Crippen LogP) is 5.89. The Labute approximate surface area is 213 Å². The lowest BCUT2D eigenvalue weighted by Crippen LogP contribution is -2.45. The first-order valence-corrected chi connectivity index (χ1v) is 13.0. The number of aryl methyl sites for hydroxylation is 1. The van der Waals surface area contributed by atoms with Crippen molar-refractivity contribution in [1.82, 2.24) is 20.0 Å². The van der Waals surface area contributed by atoms with Gasteiger partial charge in [0.2, 0.25) is 0 Å². The topological polar surface area (TPSA) is 59.4 Å². The van der Waals surface area contributed by atoms with Crippen LogP contribution in [0.5, 0.6) is 0 Å². The van der Waals surface area contributed by atoms with Gasteiger partial charge in [-0.25, -0.2) is 9.48 Å². The molecular weight excluding hydrogens is 448 g/mol. The zero-order chi connectivity index (χ0) is 25.8. The van der Waals surface area contributed by atoms with Gasteiger partial charge in [-0.3, -0.25) is 4.90 Å². The van der Waals surface area contributed by atoms with Gasteiger partial charge in [0.1, 0.15) is 5.60 Å². The molecule has 0 saturated carbocycles. The first-order valence-electron chi connectivity index (χ1n) is 13.0. The number of allylic oxidation sites excluding steroid dienone is 2. The third kappa shape index (κ3) is 2.90. The second-order valence-corrected chi connectivity index (χ2v) is 12.4. The van der Waals surface area contributed by atoms with E-state index >= 15 is 0 Å². The molecule has 6 nitrogen and oxygen atoms in total. The van der Waals surface area contributed by atoms with Crippen molar-refractivity contribution in [1.29, 1.82) is 0 Å². The van der Waals surface area contributed by atoms with E-state index in [-0.39, 0.29) is 17.0 Å². The fourth-order valence-corrected chi connectivity index (χ4v) is 6.49. The summed E-state index contributed by atoms with van der Waals surface area (Å²) in [5, 5.41) is 8.83. The van der Waals surface area contributed by atoms with Crippen molar-refractivity contribution in [3.63, 3.8) is 0 Å². The number of nitrogens with one attached hydrogen (secondary N) is 1. The molecule has 0 fully saturated rings. The fourth-order valence-electron chi connectivity index (χ4n) is 6.49. The van der Waals surface area contributed by atoms with Crippen molar-refractivity contribution in [2.45, 2.75) is 90.4 Å². The number of carbonyl (C=O) groups excluding carboxylic acids is 1. The summed E-state index contributed by atoms with van der Waals surface area (Å²) in [7, 11) is 0. The Bertz CT molecular complexity index is 1420. The van der Waals surface area contributed by atoms with Crippen LogP contribution in [-0.2, 0) is 28.7 Å². The van der Waals surface area contributed by atoms with Crippen LogP contribution in [0.1, 0.15) is 83.5 Å². The summed E-state index contributed by atoms with van der Waals surface area (Å²) in [5.74, 6) is 0. The Kier molecular flexibility index (Phi) is 4.45. The fraction of sp³-hybridized carbons (Fsp3) is 0.467. The van der Waals surface area contributed by atoms with Crippen LogP contribution in [0, 0.1) is 0 Å². The molecule has 1 aromatic carbocycles. The van der Waals surface area contributed by atoms with Gasteiger partial charge >= 0.3 is 6.09 Å². The van der Waals surface area contributed by atoms with Crippen LogP contribution in [0.3, 0.4) is 0 Å². The summed E-state index contributed by atoms with van der Waals surface area (Å²) in [5.41, 5.74) is 7.70. The number of hydrogen-bond acceptors (Lipinski definition) is 4. The van der Waals surface area contributed by atoms with Gasteiger partial charge in [0.25, 0.3) is 0 Å². The number of aromatic nitrogens is 2. The van der Waals surface area contributed by atoms with E-state index in [4.69, 9.17) is 9.84 Å². The van der Waals surface area contributed by atoms with Crippen molar-refractivity contribution in [3.05, 3.63) is 76.3 Å². The van der Waals surface area contributed by atoms with Gasteiger partial charge in [-0.05, 0) is 89.9 Å². The van der Waals surface area contributed by atoms with Gasteiger partial charge in [-0.1, -0.05) is 31.2 Å². The van der Waals surface area contributed by atoms with E-state index in [0.29, 0.717) is 6.54 Å². The Morgan fingerprint density at radius 1 is 1.17 bits per heavy atom. The molecule has 2 unspecified atom stereocenters. The predicted molar refractivity (Wildman–Crippen MR) is 142 cm³/mol.